The van der Waals surface area contributed by atoms with Crippen LogP contribution in [0.5, 0.6) is 0 Å². The van der Waals surface area contributed by atoms with Crippen LogP contribution in [0.3, 0.4) is 0 Å². The van der Waals surface area contributed by atoms with Gasteiger partial charge >= 0.3 is 0 Å². The number of nitrogens with one attached hydrogen (secondary N) is 1. The normalized spacial score (nSPS) is 17.4. The van der Waals surface area contributed by atoms with Gasteiger partial charge in [0.2, 0.25) is 0 Å². The van der Waals surface area contributed by atoms with Crippen molar-refractivity contribution in [2.75, 3.05) is 50.8 Å². The lowest BCUT2D eigenvalue weighted by molar-refractivity contribution is 0.0383. The minimum Gasteiger partial charge on any atom is -0.379 e. The van der Waals surface area contributed by atoms with E-state index in [9.17, 15) is 4.79 Å². The Morgan fingerprint density at radius 2 is 1.89 bits per heavy atom. The molecule has 1 N–H and O–H groups in total. The number of hydrogen-bond donors (Lipinski definition) is 1. The van der Waals surface area contributed by atoms with Crippen LogP contribution in [0.2, 0.25) is 0 Å². The highest BCUT2D eigenvalue weighted by atomic mass is 16.5. The van der Waals surface area contributed by atoms with Crippen LogP contribution in [0.15, 0.2) is 36.7 Å². The molecule has 1 aromatic heterocycles. The molecule has 7 heteroatoms. The van der Waals surface area contributed by atoms with Crippen LogP contribution in [0, 0.1) is 0 Å². The number of carbonyl (C=O) groups excluding carboxylic acids is 1. The van der Waals surface area contributed by atoms with Gasteiger partial charge in [0.1, 0.15) is 11.5 Å². The number of fused-ring (bicyclic) bond motifs is 1. The monoisotopic (exact) mass is 367 g/mol. The van der Waals surface area contributed by atoms with Crippen molar-refractivity contribution in [2.45, 2.75) is 13.0 Å². The van der Waals surface area contributed by atoms with E-state index in [1.54, 1.807) is 12.4 Å². The average molecular weight is 367 g/mol. The fraction of sp³-hybridized carbons (Fsp3) is 0.450. The van der Waals surface area contributed by atoms with Gasteiger partial charge < -0.3 is 15.0 Å². The number of aromatic nitrogens is 2. The van der Waals surface area contributed by atoms with Gasteiger partial charge in [-0.3, -0.25) is 9.69 Å². The summed E-state index contributed by atoms with van der Waals surface area (Å²) in [6.45, 7) is 6.54. The molecular weight excluding hydrogens is 342 g/mol. The van der Waals surface area contributed by atoms with Crippen molar-refractivity contribution < 1.29 is 9.53 Å². The molecule has 0 radical (unpaired) electrons. The number of hydrogen-bond acceptors (Lipinski definition) is 6. The number of amides is 1. The summed E-state index contributed by atoms with van der Waals surface area (Å²) in [5.74, 6) is 0.640. The summed E-state index contributed by atoms with van der Waals surface area (Å²) in [6.07, 6.45) is 4.27. The van der Waals surface area contributed by atoms with Crippen LogP contribution < -0.4 is 10.2 Å². The molecule has 2 aliphatic heterocycles. The molecule has 1 saturated heterocycles. The Kier molecular flexibility index (Phi) is 5.60. The Balaban J connectivity index is 1.30. The molecule has 0 aliphatic carbocycles. The number of morpholine rings is 1. The molecule has 7 nitrogen and oxygen atoms in total. The molecule has 0 saturated carbocycles. The van der Waals surface area contributed by atoms with Crippen LogP contribution in [0.1, 0.15) is 21.6 Å². The van der Waals surface area contributed by atoms with Gasteiger partial charge in [0, 0.05) is 39.3 Å². The lowest BCUT2D eigenvalue weighted by Gasteiger charge is -2.29. The van der Waals surface area contributed by atoms with Gasteiger partial charge in [0.15, 0.2) is 0 Å². The summed E-state index contributed by atoms with van der Waals surface area (Å²) in [7, 11) is 0. The quantitative estimate of drug-likeness (QED) is 0.853. The van der Waals surface area contributed by atoms with Crippen molar-refractivity contribution in [1.29, 1.82) is 0 Å². The predicted molar refractivity (Wildman–Crippen MR) is 103 cm³/mol. The largest absolute Gasteiger partial charge is 0.379 e. The molecule has 0 bridgehead atoms. The number of benzene rings is 1. The number of nitrogens with zero attached hydrogens (tertiary/aromatic N) is 4. The van der Waals surface area contributed by atoms with Gasteiger partial charge in [0.25, 0.3) is 5.91 Å². The van der Waals surface area contributed by atoms with Gasteiger partial charge in [-0.2, -0.15) is 0 Å². The zero-order valence-corrected chi connectivity index (χ0v) is 15.4. The molecule has 1 aromatic carbocycles. The highest BCUT2D eigenvalue weighted by Gasteiger charge is 2.18. The van der Waals surface area contributed by atoms with E-state index in [2.05, 4.69) is 49.4 Å². The number of anilines is 1. The van der Waals surface area contributed by atoms with Gasteiger partial charge in [-0.15, -0.1) is 0 Å². The highest BCUT2D eigenvalue weighted by Crippen LogP contribution is 2.22. The van der Waals surface area contributed by atoms with Crippen molar-refractivity contribution >= 4 is 11.7 Å². The maximum Gasteiger partial charge on any atom is 0.271 e. The summed E-state index contributed by atoms with van der Waals surface area (Å²) < 4.78 is 5.33. The second kappa shape index (κ2) is 8.45. The predicted octanol–water partition coefficient (Wildman–Crippen LogP) is 1.10. The Morgan fingerprint density at radius 1 is 1.07 bits per heavy atom. The van der Waals surface area contributed by atoms with Crippen LogP contribution >= 0.6 is 0 Å². The standard InChI is InChI=1S/C20H25N5O2/c26-20(21-6-8-24-9-11-27-12-10-24)18-13-23-19(14-22-18)25-7-5-16-3-1-2-4-17(16)15-25/h1-4,13-14H,5-12,15H2,(H,21,26). The first-order valence-electron chi connectivity index (χ1n) is 9.52. The molecule has 2 aromatic rings. The molecule has 4 rings (SSSR count). The lowest BCUT2D eigenvalue weighted by atomic mass is 10.0. The maximum atomic E-state index is 12.3. The van der Waals surface area contributed by atoms with Crippen LogP contribution in [-0.2, 0) is 17.7 Å². The number of ether oxygens (including phenoxy) is 1. The van der Waals surface area contributed by atoms with Crippen molar-refractivity contribution in [3.05, 3.63) is 53.5 Å². The summed E-state index contributed by atoms with van der Waals surface area (Å²) in [4.78, 5) is 25.6. The molecule has 1 amide bonds. The second-order valence-electron chi connectivity index (χ2n) is 6.91. The van der Waals surface area contributed by atoms with E-state index in [4.69, 9.17) is 4.74 Å². The fourth-order valence-electron chi connectivity index (χ4n) is 3.54. The minimum atomic E-state index is -0.175. The van der Waals surface area contributed by atoms with Gasteiger partial charge in [0.05, 0.1) is 25.6 Å². The van der Waals surface area contributed by atoms with Crippen molar-refractivity contribution in [3.63, 3.8) is 0 Å². The molecule has 0 spiro atoms. The third-order valence-electron chi connectivity index (χ3n) is 5.14. The SMILES string of the molecule is O=C(NCCN1CCOCC1)c1cnc(N2CCc3ccccc3C2)cn1. The summed E-state index contributed by atoms with van der Waals surface area (Å²) >= 11 is 0. The zero-order valence-electron chi connectivity index (χ0n) is 15.4. The molecular formula is C20H25N5O2. The van der Waals surface area contributed by atoms with E-state index in [0.29, 0.717) is 12.2 Å². The number of carbonyl (C=O) groups is 1. The molecule has 3 heterocycles. The summed E-state index contributed by atoms with van der Waals surface area (Å²) in [6, 6.07) is 8.49. The first-order valence-corrected chi connectivity index (χ1v) is 9.52. The Bertz CT molecular complexity index is 774. The van der Waals surface area contributed by atoms with E-state index >= 15 is 0 Å². The summed E-state index contributed by atoms with van der Waals surface area (Å²) in [5, 5.41) is 2.92. The Hall–Kier alpha value is -2.51. The van der Waals surface area contributed by atoms with Gasteiger partial charge in [-0.25, -0.2) is 9.97 Å². The maximum absolute atomic E-state index is 12.3. The second-order valence-corrected chi connectivity index (χ2v) is 6.91. The van der Waals surface area contributed by atoms with Crippen LogP contribution in [-0.4, -0.2) is 66.7 Å². The van der Waals surface area contributed by atoms with Gasteiger partial charge in [-0.1, -0.05) is 24.3 Å². The summed E-state index contributed by atoms with van der Waals surface area (Å²) in [5.41, 5.74) is 3.09. The lowest BCUT2D eigenvalue weighted by Crippen LogP contribution is -2.41. The molecule has 0 unspecified atom stereocenters. The van der Waals surface area contributed by atoms with Crippen molar-refractivity contribution in [1.82, 2.24) is 20.2 Å². The Morgan fingerprint density at radius 3 is 2.67 bits per heavy atom. The first kappa shape index (κ1) is 17.9. The molecule has 27 heavy (non-hydrogen) atoms. The van der Waals surface area contributed by atoms with E-state index in [1.807, 2.05) is 0 Å². The van der Waals surface area contributed by atoms with E-state index < -0.39 is 0 Å². The molecule has 1 fully saturated rings. The van der Waals surface area contributed by atoms with Crippen LogP contribution in [0.25, 0.3) is 0 Å². The molecule has 2 aliphatic rings. The minimum absolute atomic E-state index is 0.175. The molecule has 142 valence electrons. The zero-order chi connectivity index (χ0) is 18.5. The van der Waals surface area contributed by atoms with Crippen molar-refractivity contribution in [2.24, 2.45) is 0 Å². The third-order valence-corrected chi connectivity index (χ3v) is 5.14. The number of rotatable bonds is 5. The Labute approximate surface area is 159 Å². The molecule has 0 atom stereocenters. The average Bonchev–Trinajstić information content (AvgIpc) is 2.74. The van der Waals surface area contributed by atoms with E-state index in [0.717, 1.165) is 58.2 Å². The third kappa shape index (κ3) is 4.43. The van der Waals surface area contributed by atoms with E-state index in [-0.39, 0.29) is 5.91 Å². The van der Waals surface area contributed by atoms with Gasteiger partial charge in [-0.05, 0) is 17.5 Å². The van der Waals surface area contributed by atoms with Crippen molar-refractivity contribution in [3.8, 4) is 0 Å². The van der Waals surface area contributed by atoms with Crippen LogP contribution in [0.4, 0.5) is 5.82 Å². The fourth-order valence-corrected chi connectivity index (χ4v) is 3.54. The topological polar surface area (TPSA) is 70.6 Å². The smallest absolute Gasteiger partial charge is 0.271 e. The highest BCUT2D eigenvalue weighted by molar-refractivity contribution is 5.92. The van der Waals surface area contributed by atoms with E-state index in [1.165, 1.54) is 11.1 Å². The first-order chi connectivity index (χ1) is 13.3.